The van der Waals surface area contributed by atoms with Crippen molar-refractivity contribution in [2.75, 3.05) is 37.6 Å². The summed E-state index contributed by atoms with van der Waals surface area (Å²) >= 11 is 0. The number of nitrogens with one attached hydrogen (secondary N) is 1. The summed E-state index contributed by atoms with van der Waals surface area (Å²) in [5.41, 5.74) is 0.706. The molecule has 1 aliphatic rings. The highest BCUT2D eigenvalue weighted by atomic mass is 16.1. The Bertz CT molecular complexity index is 629. The van der Waals surface area contributed by atoms with Crippen molar-refractivity contribution in [2.24, 2.45) is 0 Å². The molecule has 1 aliphatic heterocycles. The Morgan fingerprint density at radius 3 is 2.68 bits per heavy atom. The number of piperazine rings is 1. The molecule has 0 spiro atoms. The average Bonchev–Trinajstić information content (AvgIpc) is 2.47. The molecule has 1 aromatic heterocycles. The summed E-state index contributed by atoms with van der Waals surface area (Å²) in [4.78, 5) is 24.0. The van der Waals surface area contributed by atoms with E-state index in [2.05, 4.69) is 26.7 Å². The first kappa shape index (κ1) is 12.2. The van der Waals surface area contributed by atoms with E-state index in [1.807, 2.05) is 18.2 Å². The summed E-state index contributed by atoms with van der Waals surface area (Å²) in [5, 5.41) is 0.651. The van der Waals surface area contributed by atoms with Crippen LogP contribution in [0.2, 0.25) is 0 Å². The summed E-state index contributed by atoms with van der Waals surface area (Å²) in [5.74, 6) is 0.694. The molecule has 0 aliphatic carbocycles. The molecule has 0 unspecified atom stereocenters. The van der Waals surface area contributed by atoms with E-state index < -0.39 is 0 Å². The number of hydrogen-bond acceptors (Lipinski definition) is 4. The second kappa shape index (κ2) is 5.01. The third-order valence-electron chi connectivity index (χ3n) is 3.72. The molecule has 3 rings (SSSR count). The Balaban J connectivity index is 1.92. The number of likely N-dealkylation sites (N-methyl/N-ethyl adjacent to an activating group) is 1. The van der Waals surface area contributed by atoms with Gasteiger partial charge < -0.3 is 9.80 Å². The highest BCUT2D eigenvalue weighted by molar-refractivity contribution is 5.78. The highest BCUT2D eigenvalue weighted by Crippen LogP contribution is 2.13. The Hall–Kier alpha value is -1.88. The SMILES string of the molecule is CCN1CCN(c2nc3ccccc3c(=O)[nH]2)CC1. The van der Waals surface area contributed by atoms with Gasteiger partial charge in [0.2, 0.25) is 5.95 Å². The van der Waals surface area contributed by atoms with Crippen LogP contribution in [0.25, 0.3) is 10.9 Å². The number of para-hydroxylation sites is 1. The van der Waals surface area contributed by atoms with Gasteiger partial charge in [0, 0.05) is 26.2 Å². The quantitative estimate of drug-likeness (QED) is 0.875. The largest absolute Gasteiger partial charge is 0.340 e. The van der Waals surface area contributed by atoms with E-state index in [9.17, 15) is 4.79 Å². The van der Waals surface area contributed by atoms with Crippen molar-refractivity contribution in [2.45, 2.75) is 6.92 Å². The van der Waals surface area contributed by atoms with Gasteiger partial charge in [-0.25, -0.2) is 4.98 Å². The summed E-state index contributed by atoms with van der Waals surface area (Å²) in [7, 11) is 0. The number of fused-ring (bicyclic) bond motifs is 1. The van der Waals surface area contributed by atoms with Gasteiger partial charge in [-0.3, -0.25) is 9.78 Å². The second-order valence-corrected chi connectivity index (χ2v) is 4.83. The minimum absolute atomic E-state index is 0.0569. The predicted octanol–water partition coefficient (Wildman–Crippen LogP) is 1.06. The number of rotatable bonds is 2. The highest BCUT2D eigenvalue weighted by Gasteiger charge is 2.18. The lowest BCUT2D eigenvalue weighted by Gasteiger charge is -2.34. The van der Waals surface area contributed by atoms with Gasteiger partial charge in [-0.05, 0) is 18.7 Å². The fourth-order valence-electron chi connectivity index (χ4n) is 2.50. The Morgan fingerprint density at radius 1 is 1.21 bits per heavy atom. The molecule has 100 valence electrons. The number of H-pyrrole nitrogens is 1. The summed E-state index contributed by atoms with van der Waals surface area (Å²) in [6.45, 7) is 7.12. The van der Waals surface area contributed by atoms with E-state index in [0.717, 1.165) is 38.2 Å². The van der Waals surface area contributed by atoms with Crippen LogP contribution in [0.4, 0.5) is 5.95 Å². The maximum Gasteiger partial charge on any atom is 0.260 e. The standard InChI is InChI=1S/C14H18N4O/c1-2-17-7-9-18(10-8-17)14-15-12-6-4-3-5-11(12)13(19)16-14/h3-6H,2,7-10H2,1H3,(H,15,16,19). The second-order valence-electron chi connectivity index (χ2n) is 4.83. The molecule has 1 fully saturated rings. The van der Waals surface area contributed by atoms with Crippen LogP contribution in [0.3, 0.4) is 0 Å². The summed E-state index contributed by atoms with van der Waals surface area (Å²) in [6.07, 6.45) is 0. The number of nitrogens with zero attached hydrogens (tertiary/aromatic N) is 3. The molecule has 19 heavy (non-hydrogen) atoms. The van der Waals surface area contributed by atoms with E-state index in [1.165, 1.54) is 0 Å². The maximum atomic E-state index is 12.0. The zero-order valence-corrected chi connectivity index (χ0v) is 11.1. The van der Waals surface area contributed by atoms with Crippen LogP contribution in [-0.2, 0) is 0 Å². The molecule has 1 aromatic carbocycles. The van der Waals surface area contributed by atoms with Gasteiger partial charge in [0.1, 0.15) is 0 Å². The fourth-order valence-corrected chi connectivity index (χ4v) is 2.50. The summed E-state index contributed by atoms with van der Waals surface area (Å²) in [6, 6.07) is 7.46. The van der Waals surface area contributed by atoms with E-state index in [4.69, 9.17) is 0 Å². The van der Waals surface area contributed by atoms with Crippen molar-refractivity contribution >= 4 is 16.9 Å². The minimum atomic E-state index is -0.0569. The van der Waals surface area contributed by atoms with Crippen LogP contribution in [0.5, 0.6) is 0 Å². The first-order valence-electron chi connectivity index (χ1n) is 6.74. The fraction of sp³-hybridized carbons (Fsp3) is 0.429. The van der Waals surface area contributed by atoms with E-state index in [-0.39, 0.29) is 5.56 Å². The van der Waals surface area contributed by atoms with Crippen LogP contribution in [0.15, 0.2) is 29.1 Å². The molecule has 0 amide bonds. The molecular formula is C14H18N4O. The van der Waals surface area contributed by atoms with Crippen molar-refractivity contribution in [1.29, 1.82) is 0 Å². The van der Waals surface area contributed by atoms with Crippen LogP contribution in [-0.4, -0.2) is 47.6 Å². The predicted molar refractivity (Wildman–Crippen MR) is 76.7 cm³/mol. The molecule has 0 radical (unpaired) electrons. The van der Waals surface area contributed by atoms with Crippen LogP contribution in [0.1, 0.15) is 6.92 Å². The first-order valence-corrected chi connectivity index (χ1v) is 6.74. The number of aromatic nitrogens is 2. The van der Waals surface area contributed by atoms with E-state index in [1.54, 1.807) is 6.07 Å². The third kappa shape index (κ3) is 2.33. The van der Waals surface area contributed by atoms with Crippen molar-refractivity contribution < 1.29 is 0 Å². The van der Waals surface area contributed by atoms with Gasteiger partial charge in [0.05, 0.1) is 10.9 Å². The zero-order chi connectivity index (χ0) is 13.2. The van der Waals surface area contributed by atoms with Gasteiger partial charge >= 0.3 is 0 Å². The first-order chi connectivity index (χ1) is 9.28. The molecule has 1 saturated heterocycles. The molecular weight excluding hydrogens is 240 g/mol. The minimum Gasteiger partial charge on any atom is -0.340 e. The molecule has 5 heteroatoms. The monoisotopic (exact) mass is 258 g/mol. The Labute approximate surface area is 111 Å². The smallest absolute Gasteiger partial charge is 0.260 e. The molecule has 2 aromatic rings. The number of aromatic amines is 1. The van der Waals surface area contributed by atoms with Crippen LogP contribution < -0.4 is 10.5 Å². The van der Waals surface area contributed by atoms with Gasteiger partial charge in [-0.15, -0.1) is 0 Å². The average molecular weight is 258 g/mol. The molecule has 0 bridgehead atoms. The normalized spacial score (nSPS) is 17.0. The maximum absolute atomic E-state index is 12.0. The lowest BCUT2D eigenvalue weighted by atomic mass is 10.2. The molecule has 2 heterocycles. The van der Waals surface area contributed by atoms with E-state index in [0.29, 0.717) is 11.3 Å². The van der Waals surface area contributed by atoms with Crippen LogP contribution in [0, 0.1) is 0 Å². The third-order valence-corrected chi connectivity index (χ3v) is 3.72. The molecule has 0 saturated carbocycles. The van der Waals surface area contributed by atoms with Crippen molar-refractivity contribution in [3.63, 3.8) is 0 Å². The number of hydrogen-bond donors (Lipinski definition) is 1. The molecule has 1 N–H and O–H groups in total. The molecule has 0 atom stereocenters. The lowest BCUT2D eigenvalue weighted by Crippen LogP contribution is -2.47. The van der Waals surface area contributed by atoms with Gasteiger partial charge in [-0.1, -0.05) is 19.1 Å². The van der Waals surface area contributed by atoms with E-state index >= 15 is 0 Å². The number of benzene rings is 1. The topological polar surface area (TPSA) is 52.2 Å². The Morgan fingerprint density at radius 2 is 1.95 bits per heavy atom. The van der Waals surface area contributed by atoms with Crippen molar-refractivity contribution in [3.8, 4) is 0 Å². The van der Waals surface area contributed by atoms with Crippen molar-refractivity contribution in [1.82, 2.24) is 14.9 Å². The lowest BCUT2D eigenvalue weighted by molar-refractivity contribution is 0.270. The Kier molecular flexibility index (Phi) is 3.21. The van der Waals surface area contributed by atoms with Crippen molar-refractivity contribution in [3.05, 3.63) is 34.6 Å². The van der Waals surface area contributed by atoms with Gasteiger partial charge in [0.15, 0.2) is 0 Å². The van der Waals surface area contributed by atoms with Crippen LogP contribution >= 0.6 is 0 Å². The molecule has 5 nitrogen and oxygen atoms in total. The van der Waals surface area contributed by atoms with Gasteiger partial charge in [0.25, 0.3) is 5.56 Å². The zero-order valence-electron chi connectivity index (χ0n) is 11.1. The van der Waals surface area contributed by atoms with Gasteiger partial charge in [-0.2, -0.15) is 0 Å². The number of anilines is 1. The summed E-state index contributed by atoms with van der Waals surface area (Å²) < 4.78 is 0.